The Hall–Kier alpha value is -2.34. The first-order chi connectivity index (χ1) is 11.1. The number of hydrogen-bond acceptors (Lipinski definition) is 3. The molecule has 0 radical (unpaired) electrons. The van der Waals surface area contributed by atoms with E-state index in [2.05, 4.69) is 9.55 Å². The van der Waals surface area contributed by atoms with Crippen molar-refractivity contribution in [1.29, 1.82) is 0 Å². The molecule has 6 heteroatoms. The van der Waals surface area contributed by atoms with E-state index < -0.39 is 5.97 Å². The van der Waals surface area contributed by atoms with Gasteiger partial charge in [0.1, 0.15) is 4.88 Å². The lowest BCUT2D eigenvalue weighted by Crippen LogP contribution is -2.07. The Morgan fingerprint density at radius 3 is 2.75 bits per heavy atom. The number of carbonyl (C=O) groups is 1. The Morgan fingerprint density at radius 2 is 2.08 bits per heavy atom. The van der Waals surface area contributed by atoms with Gasteiger partial charge in [-0.2, -0.15) is 0 Å². The molecule has 2 N–H and O–H groups in total. The van der Waals surface area contributed by atoms with E-state index in [-0.39, 0.29) is 17.9 Å². The van der Waals surface area contributed by atoms with E-state index in [0.717, 1.165) is 29.5 Å². The Kier molecular flexibility index (Phi) is 4.32. The maximum atomic E-state index is 12.4. The lowest BCUT2D eigenvalue weighted by atomic mass is 10.1. The standard InChI is InChI=1S/C17H16N2O3S.CH4/c20-16-15-12(10-7-14(17(21)22)23-9-10)8-19(11-3-1-2-4-11)13(15)5-6-18-16;/h5-9,11H,1-4H2,(H,18,20)(H,21,22);1H4. The second kappa shape index (κ2) is 6.28. The van der Waals surface area contributed by atoms with Crippen LogP contribution in [0.15, 0.2) is 34.7 Å². The van der Waals surface area contributed by atoms with Crippen LogP contribution >= 0.6 is 11.3 Å². The molecule has 3 heterocycles. The number of H-pyrrole nitrogens is 1. The number of aromatic amines is 1. The molecule has 126 valence electrons. The second-order valence-electron chi connectivity index (χ2n) is 5.96. The summed E-state index contributed by atoms with van der Waals surface area (Å²) in [6, 6.07) is 4.00. The average molecular weight is 344 g/mol. The van der Waals surface area contributed by atoms with Crippen molar-refractivity contribution in [2.24, 2.45) is 0 Å². The van der Waals surface area contributed by atoms with Gasteiger partial charge in [-0.25, -0.2) is 4.79 Å². The fourth-order valence-electron chi connectivity index (χ4n) is 3.51. The highest BCUT2D eigenvalue weighted by Crippen LogP contribution is 2.37. The van der Waals surface area contributed by atoms with Crippen LogP contribution in [0.2, 0.25) is 0 Å². The van der Waals surface area contributed by atoms with Gasteiger partial charge >= 0.3 is 5.97 Å². The number of carboxylic acid groups (broad SMARTS) is 1. The molecule has 0 spiro atoms. The van der Waals surface area contributed by atoms with Crippen LogP contribution in [0.3, 0.4) is 0 Å². The summed E-state index contributed by atoms with van der Waals surface area (Å²) in [6.45, 7) is 0. The fraction of sp³-hybridized carbons (Fsp3) is 0.333. The summed E-state index contributed by atoms with van der Waals surface area (Å²) in [4.78, 5) is 26.5. The van der Waals surface area contributed by atoms with Crippen LogP contribution in [-0.4, -0.2) is 20.6 Å². The summed E-state index contributed by atoms with van der Waals surface area (Å²) in [5.41, 5.74) is 2.42. The van der Waals surface area contributed by atoms with Crippen LogP contribution < -0.4 is 5.56 Å². The second-order valence-corrected chi connectivity index (χ2v) is 6.87. The Labute approximate surface area is 143 Å². The van der Waals surface area contributed by atoms with Crippen molar-refractivity contribution in [3.8, 4) is 11.1 Å². The molecule has 1 aliphatic carbocycles. The van der Waals surface area contributed by atoms with Crippen molar-refractivity contribution >= 4 is 28.2 Å². The molecule has 0 unspecified atom stereocenters. The van der Waals surface area contributed by atoms with Gasteiger partial charge in [-0.3, -0.25) is 4.79 Å². The Morgan fingerprint density at radius 1 is 1.33 bits per heavy atom. The van der Waals surface area contributed by atoms with E-state index in [1.807, 2.05) is 17.6 Å². The van der Waals surface area contributed by atoms with E-state index in [1.165, 1.54) is 24.2 Å². The number of rotatable bonds is 3. The van der Waals surface area contributed by atoms with E-state index in [4.69, 9.17) is 5.11 Å². The molecule has 1 aliphatic rings. The van der Waals surface area contributed by atoms with Gasteiger partial charge in [0.25, 0.3) is 5.56 Å². The maximum absolute atomic E-state index is 12.4. The third-order valence-electron chi connectivity index (χ3n) is 4.59. The molecular formula is C18H20N2O3S. The van der Waals surface area contributed by atoms with Crippen molar-refractivity contribution < 1.29 is 9.90 Å². The summed E-state index contributed by atoms with van der Waals surface area (Å²) in [5, 5.41) is 11.6. The first-order valence-corrected chi connectivity index (χ1v) is 8.57. The largest absolute Gasteiger partial charge is 0.477 e. The van der Waals surface area contributed by atoms with Crippen LogP contribution in [-0.2, 0) is 0 Å². The number of carboxylic acids is 1. The summed E-state index contributed by atoms with van der Waals surface area (Å²) < 4.78 is 2.20. The lowest BCUT2D eigenvalue weighted by molar-refractivity contribution is 0.0702. The van der Waals surface area contributed by atoms with Gasteiger partial charge in [-0.05, 0) is 35.9 Å². The van der Waals surface area contributed by atoms with Gasteiger partial charge in [-0.1, -0.05) is 20.3 Å². The van der Waals surface area contributed by atoms with Gasteiger partial charge in [-0.15, -0.1) is 11.3 Å². The quantitative estimate of drug-likeness (QED) is 0.734. The van der Waals surface area contributed by atoms with Crippen molar-refractivity contribution in [2.75, 3.05) is 0 Å². The predicted octanol–water partition coefficient (Wildman–Crippen LogP) is 4.51. The zero-order valence-corrected chi connectivity index (χ0v) is 13.2. The van der Waals surface area contributed by atoms with E-state index in [1.54, 1.807) is 12.3 Å². The van der Waals surface area contributed by atoms with Crippen molar-refractivity contribution in [1.82, 2.24) is 9.55 Å². The van der Waals surface area contributed by atoms with Gasteiger partial charge in [0.15, 0.2) is 0 Å². The number of aromatic carboxylic acids is 1. The van der Waals surface area contributed by atoms with E-state index in [9.17, 15) is 9.59 Å². The topological polar surface area (TPSA) is 75.1 Å². The number of nitrogens with zero attached hydrogens (tertiary/aromatic N) is 1. The molecule has 5 nitrogen and oxygen atoms in total. The number of aromatic nitrogens is 2. The first-order valence-electron chi connectivity index (χ1n) is 7.69. The minimum Gasteiger partial charge on any atom is -0.477 e. The van der Waals surface area contributed by atoms with Crippen molar-refractivity contribution in [2.45, 2.75) is 39.2 Å². The summed E-state index contributed by atoms with van der Waals surface area (Å²) in [6.07, 6.45) is 8.37. The number of pyridine rings is 1. The molecular weight excluding hydrogens is 324 g/mol. The molecule has 0 aliphatic heterocycles. The van der Waals surface area contributed by atoms with Gasteiger partial charge < -0.3 is 14.7 Å². The van der Waals surface area contributed by atoms with Crippen LogP contribution in [0.4, 0.5) is 0 Å². The van der Waals surface area contributed by atoms with Crippen molar-refractivity contribution in [3.05, 3.63) is 45.1 Å². The zero-order chi connectivity index (χ0) is 16.0. The minimum atomic E-state index is -0.935. The molecule has 24 heavy (non-hydrogen) atoms. The highest BCUT2D eigenvalue weighted by Gasteiger charge is 2.22. The van der Waals surface area contributed by atoms with Crippen LogP contribution in [0.1, 0.15) is 48.8 Å². The number of thiophene rings is 1. The van der Waals surface area contributed by atoms with Crippen LogP contribution in [0.5, 0.6) is 0 Å². The molecule has 3 aromatic heterocycles. The number of nitrogens with one attached hydrogen (secondary N) is 1. The third kappa shape index (κ3) is 2.57. The molecule has 0 bridgehead atoms. The third-order valence-corrected chi connectivity index (χ3v) is 5.51. The Balaban J connectivity index is 0.00000169. The minimum absolute atomic E-state index is 0. The highest BCUT2D eigenvalue weighted by atomic mass is 32.1. The summed E-state index contributed by atoms with van der Waals surface area (Å²) >= 11 is 1.19. The molecule has 0 atom stereocenters. The van der Waals surface area contributed by atoms with Crippen molar-refractivity contribution in [3.63, 3.8) is 0 Å². The number of hydrogen-bond donors (Lipinski definition) is 2. The average Bonchev–Trinajstić information content (AvgIpc) is 3.26. The van der Waals surface area contributed by atoms with E-state index >= 15 is 0 Å². The molecule has 0 saturated heterocycles. The first kappa shape index (κ1) is 16.5. The monoisotopic (exact) mass is 344 g/mol. The molecule has 0 amide bonds. The van der Waals surface area contributed by atoms with Crippen LogP contribution in [0.25, 0.3) is 22.0 Å². The lowest BCUT2D eigenvalue weighted by Gasteiger charge is -2.12. The van der Waals surface area contributed by atoms with Gasteiger partial charge in [0, 0.05) is 24.0 Å². The normalized spacial score (nSPS) is 14.8. The number of fused-ring (bicyclic) bond motifs is 1. The molecule has 1 saturated carbocycles. The van der Waals surface area contributed by atoms with E-state index in [0.29, 0.717) is 11.4 Å². The SMILES string of the molecule is C.O=C(O)c1cc(-c2cn(C3CCCC3)c3cc[nH]c(=O)c23)cs1. The van der Waals surface area contributed by atoms with Crippen LogP contribution in [0, 0.1) is 0 Å². The molecule has 1 fully saturated rings. The summed E-state index contributed by atoms with van der Waals surface area (Å²) in [5.74, 6) is -0.935. The maximum Gasteiger partial charge on any atom is 0.345 e. The highest BCUT2D eigenvalue weighted by molar-refractivity contribution is 7.12. The Bertz CT molecular complexity index is 945. The predicted molar refractivity (Wildman–Crippen MR) is 97.1 cm³/mol. The fourth-order valence-corrected chi connectivity index (χ4v) is 4.25. The summed E-state index contributed by atoms with van der Waals surface area (Å²) in [7, 11) is 0. The van der Waals surface area contributed by atoms with Gasteiger partial charge in [0.05, 0.1) is 10.9 Å². The molecule has 0 aromatic carbocycles. The molecule has 3 aromatic rings. The smallest absolute Gasteiger partial charge is 0.345 e. The molecule has 4 rings (SSSR count). The zero-order valence-electron chi connectivity index (χ0n) is 12.4. The van der Waals surface area contributed by atoms with Gasteiger partial charge in [0.2, 0.25) is 0 Å².